The number of likely N-dealkylation sites (N-methyl/N-ethyl adjacent to an activating group) is 1. The van der Waals surface area contributed by atoms with Crippen molar-refractivity contribution in [3.8, 4) is 0 Å². The maximum Gasteiger partial charge on any atom is 0.289 e. The average molecular weight is 253 g/mol. The molecule has 2 N–H and O–H groups in total. The molecule has 1 atom stereocenters. The summed E-state index contributed by atoms with van der Waals surface area (Å²) in [5.74, 6) is -0.144. The molecule has 0 aromatic carbocycles. The summed E-state index contributed by atoms with van der Waals surface area (Å²) in [5, 5.41) is 8.73. The van der Waals surface area contributed by atoms with Gasteiger partial charge in [-0.2, -0.15) is 5.10 Å². The number of hydrogen-bond acceptors (Lipinski definition) is 4. The second-order valence-electron chi connectivity index (χ2n) is 4.72. The van der Waals surface area contributed by atoms with Gasteiger partial charge in [-0.25, -0.2) is 4.98 Å². The molecule has 0 aliphatic heterocycles. The lowest BCUT2D eigenvalue weighted by Gasteiger charge is -2.22. The van der Waals surface area contributed by atoms with Gasteiger partial charge in [0.15, 0.2) is 0 Å². The zero-order valence-electron chi connectivity index (χ0n) is 11.1. The predicted octanol–water partition coefficient (Wildman–Crippen LogP) is 0.0374. The van der Waals surface area contributed by atoms with Gasteiger partial charge in [-0.05, 0) is 12.3 Å². The molecule has 0 aliphatic carbocycles. The fraction of sp³-hybridized carbons (Fsp3) is 0.636. The van der Waals surface area contributed by atoms with Crippen molar-refractivity contribution < 1.29 is 9.59 Å². The minimum atomic E-state index is -0.544. The summed E-state index contributed by atoms with van der Waals surface area (Å²) >= 11 is 0. The van der Waals surface area contributed by atoms with Gasteiger partial charge in [0, 0.05) is 14.1 Å². The number of rotatable bonds is 5. The molecule has 7 nitrogen and oxygen atoms in total. The van der Waals surface area contributed by atoms with Gasteiger partial charge in [-0.15, -0.1) is 0 Å². The lowest BCUT2D eigenvalue weighted by atomic mass is 10.0. The summed E-state index contributed by atoms with van der Waals surface area (Å²) in [6.45, 7) is 3.99. The molecule has 1 heterocycles. The maximum absolute atomic E-state index is 11.9. The van der Waals surface area contributed by atoms with Crippen LogP contribution in [0.25, 0.3) is 0 Å². The number of hydrogen-bond donors (Lipinski definition) is 2. The van der Waals surface area contributed by atoms with Crippen molar-refractivity contribution >= 4 is 11.8 Å². The maximum atomic E-state index is 11.9. The van der Waals surface area contributed by atoms with Gasteiger partial charge in [-0.3, -0.25) is 14.7 Å². The van der Waals surface area contributed by atoms with E-state index >= 15 is 0 Å². The Labute approximate surface area is 106 Å². The smallest absolute Gasteiger partial charge is 0.289 e. The second kappa shape index (κ2) is 6.13. The third-order valence-corrected chi connectivity index (χ3v) is 2.38. The number of carbonyl (C=O) groups is 2. The molecule has 0 fully saturated rings. The quantitative estimate of drug-likeness (QED) is 0.775. The van der Waals surface area contributed by atoms with E-state index < -0.39 is 11.9 Å². The number of aromatic nitrogens is 3. The molecule has 2 amide bonds. The third kappa shape index (κ3) is 3.83. The molecule has 0 aliphatic rings. The molecule has 100 valence electrons. The van der Waals surface area contributed by atoms with E-state index in [0.29, 0.717) is 12.3 Å². The fourth-order valence-corrected chi connectivity index (χ4v) is 1.55. The summed E-state index contributed by atoms with van der Waals surface area (Å²) in [4.78, 5) is 29.0. The summed E-state index contributed by atoms with van der Waals surface area (Å²) in [5.41, 5.74) is 0. The van der Waals surface area contributed by atoms with Crippen LogP contribution < -0.4 is 5.32 Å². The van der Waals surface area contributed by atoms with E-state index in [4.69, 9.17) is 0 Å². The van der Waals surface area contributed by atoms with E-state index in [1.54, 1.807) is 14.1 Å². The first-order valence-corrected chi connectivity index (χ1v) is 5.79. The highest BCUT2D eigenvalue weighted by atomic mass is 16.2. The number of aromatic amines is 1. The molecule has 0 radical (unpaired) electrons. The van der Waals surface area contributed by atoms with Crippen molar-refractivity contribution in [3.05, 3.63) is 12.2 Å². The van der Waals surface area contributed by atoms with E-state index in [-0.39, 0.29) is 11.7 Å². The van der Waals surface area contributed by atoms with Crippen molar-refractivity contribution in [3.63, 3.8) is 0 Å². The monoisotopic (exact) mass is 253 g/mol. The number of H-pyrrole nitrogens is 1. The van der Waals surface area contributed by atoms with Crippen molar-refractivity contribution in [2.75, 3.05) is 14.1 Å². The minimum Gasteiger partial charge on any atom is -0.347 e. The van der Waals surface area contributed by atoms with Gasteiger partial charge < -0.3 is 10.2 Å². The normalized spacial score (nSPS) is 12.3. The Morgan fingerprint density at radius 2 is 2.11 bits per heavy atom. The van der Waals surface area contributed by atoms with E-state index in [1.165, 1.54) is 11.2 Å². The molecule has 1 rings (SSSR count). The first-order chi connectivity index (χ1) is 8.41. The number of nitrogens with zero attached hydrogens (tertiary/aromatic N) is 3. The van der Waals surface area contributed by atoms with Gasteiger partial charge >= 0.3 is 0 Å². The van der Waals surface area contributed by atoms with Gasteiger partial charge in [-0.1, -0.05) is 13.8 Å². The van der Waals surface area contributed by atoms with Gasteiger partial charge in [0.05, 0.1) is 0 Å². The molecule has 1 unspecified atom stereocenters. The molecule has 1 aromatic rings. The predicted molar refractivity (Wildman–Crippen MR) is 65.8 cm³/mol. The average Bonchev–Trinajstić information content (AvgIpc) is 2.79. The fourth-order valence-electron chi connectivity index (χ4n) is 1.55. The van der Waals surface area contributed by atoms with Crippen molar-refractivity contribution in [1.82, 2.24) is 25.4 Å². The Morgan fingerprint density at radius 3 is 2.56 bits per heavy atom. The van der Waals surface area contributed by atoms with Crippen LogP contribution in [-0.2, 0) is 4.79 Å². The van der Waals surface area contributed by atoms with Crippen LogP contribution in [0.1, 0.15) is 30.9 Å². The molecule has 0 spiro atoms. The van der Waals surface area contributed by atoms with E-state index in [9.17, 15) is 9.59 Å². The standard InChI is InChI=1S/C11H19N5O2/c1-7(2)5-8(11(18)16(3)4)14-10(17)9-12-6-13-15-9/h6-8H,5H2,1-4H3,(H,14,17)(H,12,13,15). The molecule has 18 heavy (non-hydrogen) atoms. The SMILES string of the molecule is CC(C)CC(NC(=O)c1ncn[nH]1)C(=O)N(C)C. The van der Waals surface area contributed by atoms with E-state index in [1.807, 2.05) is 13.8 Å². The molecular formula is C11H19N5O2. The van der Waals surface area contributed by atoms with Crippen LogP contribution in [0.4, 0.5) is 0 Å². The number of nitrogens with one attached hydrogen (secondary N) is 2. The Hall–Kier alpha value is -1.92. The van der Waals surface area contributed by atoms with Gasteiger partial charge in [0.2, 0.25) is 11.7 Å². The van der Waals surface area contributed by atoms with Crippen LogP contribution in [-0.4, -0.2) is 52.0 Å². The van der Waals surface area contributed by atoms with Crippen molar-refractivity contribution in [1.29, 1.82) is 0 Å². The minimum absolute atomic E-state index is 0.107. The molecule has 0 bridgehead atoms. The summed E-state index contributed by atoms with van der Waals surface area (Å²) in [7, 11) is 3.33. The molecule has 1 aromatic heterocycles. The Morgan fingerprint density at radius 1 is 1.44 bits per heavy atom. The highest BCUT2D eigenvalue weighted by Gasteiger charge is 2.24. The van der Waals surface area contributed by atoms with Crippen molar-refractivity contribution in [2.45, 2.75) is 26.3 Å². The Kier molecular flexibility index (Phi) is 4.82. The van der Waals surface area contributed by atoms with E-state index in [2.05, 4.69) is 20.5 Å². The zero-order chi connectivity index (χ0) is 13.7. The summed E-state index contributed by atoms with van der Waals surface area (Å²) in [6.07, 6.45) is 1.83. The highest BCUT2D eigenvalue weighted by Crippen LogP contribution is 2.07. The molecule has 0 saturated heterocycles. The number of amides is 2. The van der Waals surface area contributed by atoms with Crippen LogP contribution in [0, 0.1) is 5.92 Å². The highest BCUT2D eigenvalue weighted by molar-refractivity contribution is 5.94. The van der Waals surface area contributed by atoms with Crippen molar-refractivity contribution in [2.24, 2.45) is 5.92 Å². The number of carbonyl (C=O) groups excluding carboxylic acids is 2. The zero-order valence-corrected chi connectivity index (χ0v) is 11.1. The first kappa shape index (κ1) is 14.1. The second-order valence-corrected chi connectivity index (χ2v) is 4.72. The lowest BCUT2D eigenvalue weighted by Crippen LogP contribution is -2.47. The Balaban J connectivity index is 2.72. The molecular weight excluding hydrogens is 234 g/mol. The summed E-state index contributed by atoms with van der Waals surface area (Å²) in [6, 6.07) is -0.544. The topological polar surface area (TPSA) is 91.0 Å². The van der Waals surface area contributed by atoms with Gasteiger partial charge in [0.25, 0.3) is 5.91 Å². The largest absolute Gasteiger partial charge is 0.347 e. The van der Waals surface area contributed by atoms with Crippen LogP contribution in [0.15, 0.2) is 6.33 Å². The van der Waals surface area contributed by atoms with Crippen LogP contribution >= 0.6 is 0 Å². The van der Waals surface area contributed by atoms with Crippen LogP contribution in [0.2, 0.25) is 0 Å². The van der Waals surface area contributed by atoms with Gasteiger partial charge in [0.1, 0.15) is 12.4 Å². The first-order valence-electron chi connectivity index (χ1n) is 5.79. The van der Waals surface area contributed by atoms with E-state index in [0.717, 1.165) is 0 Å². The molecule has 0 saturated carbocycles. The summed E-state index contributed by atoms with van der Waals surface area (Å²) < 4.78 is 0. The lowest BCUT2D eigenvalue weighted by molar-refractivity contribution is -0.131. The third-order valence-electron chi connectivity index (χ3n) is 2.38. The van der Waals surface area contributed by atoms with Crippen LogP contribution in [0.5, 0.6) is 0 Å². The van der Waals surface area contributed by atoms with Crippen LogP contribution in [0.3, 0.4) is 0 Å². The Bertz CT molecular complexity index is 400. The molecule has 7 heteroatoms.